The van der Waals surface area contributed by atoms with E-state index in [0.717, 1.165) is 6.54 Å². The first kappa shape index (κ1) is 9.47. The minimum atomic E-state index is 0.183. The van der Waals surface area contributed by atoms with E-state index < -0.39 is 0 Å². The molecule has 0 aromatic heterocycles. The quantitative estimate of drug-likeness (QED) is 0.655. The minimum absolute atomic E-state index is 0.183. The molecule has 0 aromatic carbocycles. The highest BCUT2D eigenvalue weighted by molar-refractivity contribution is 5.02. The molecule has 2 saturated carbocycles. The summed E-state index contributed by atoms with van der Waals surface area (Å²) in [5.41, 5.74) is 6.87. The van der Waals surface area contributed by atoms with Crippen molar-refractivity contribution in [3.63, 3.8) is 0 Å². The van der Waals surface area contributed by atoms with Gasteiger partial charge < -0.3 is 11.1 Å². The molecule has 2 rings (SSSR count). The van der Waals surface area contributed by atoms with Crippen molar-refractivity contribution in [1.29, 1.82) is 0 Å². The first-order valence-electron chi connectivity index (χ1n) is 5.68. The van der Waals surface area contributed by atoms with E-state index in [1.54, 1.807) is 0 Å². The van der Waals surface area contributed by atoms with E-state index >= 15 is 0 Å². The average molecular weight is 182 g/mol. The molecule has 0 bridgehead atoms. The van der Waals surface area contributed by atoms with Gasteiger partial charge in [0, 0.05) is 18.6 Å². The van der Waals surface area contributed by atoms with Crippen LogP contribution in [0.25, 0.3) is 0 Å². The van der Waals surface area contributed by atoms with Crippen LogP contribution in [0.5, 0.6) is 0 Å². The predicted octanol–water partition coefficient (Wildman–Crippen LogP) is 1.65. The molecule has 13 heavy (non-hydrogen) atoms. The Hall–Kier alpha value is -0.0800. The first-order valence-corrected chi connectivity index (χ1v) is 5.68. The van der Waals surface area contributed by atoms with Crippen molar-refractivity contribution in [3.05, 3.63) is 0 Å². The van der Waals surface area contributed by atoms with Crippen molar-refractivity contribution < 1.29 is 0 Å². The van der Waals surface area contributed by atoms with Crippen molar-refractivity contribution in [3.8, 4) is 0 Å². The molecule has 0 radical (unpaired) electrons. The second-order valence-corrected chi connectivity index (χ2v) is 5.22. The van der Waals surface area contributed by atoms with Gasteiger partial charge in [-0.25, -0.2) is 0 Å². The molecular formula is C11H22N2. The summed E-state index contributed by atoms with van der Waals surface area (Å²) in [6.07, 6.45) is 8.05. The maximum absolute atomic E-state index is 6.01. The van der Waals surface area contributed by atoms with Gasteiger partial charge in [-0.3, -0.25) is 0 Å². The lowest BCUT2D eigenvalue weighted by molar-refractivity contribution is 0.409. The molecule has 3 N–H and O–H groups in total. The lowest BCUT2D eigenvalue weighted by Crippen LogP contribution is -2.38. The topological polar surface area (TPSA) is 38.0 Å². The van der Waals surface area contributed by atoms with Crippen LogP contribution in [0.1, 0.15) is 45.4 Å². The van der Waals surface area contributed by atoms with Crippen molar-refractivity contribution >= 4 is 0 Å². The third-order valence-electron chi connectivity index (χ3n) is 3.61. The highest BCUT2D eigenvalue weighted by atomic mass is 15.0. The highest BCUT2D eigenvalue weighted by Crippen LogP contribution is 2.49. The number of hydrogen-bond donors (Lipinski definition) is 2. The molecule has 0 aliphatic heterocycles. The molecule has 2 heteroatoms. The Bertz CT molecular complexity index is 181. The summed E-state index contributed by atoms with van der Waals surface area (Å²) in [5, 5.41) is 3.55. The van der Waals surface area contributed by atoms with E-state index in [-0.39, 0.29) is 5.54 Å². The lowest BCUT2D eigenvalue weighted by atomic mass is 10.0. The van der Waals surface area contributed by atoms with Crippen LogP contribution in [-0.4, -0.2) is 18.6 Å². The van der Waals surface area contributed by atoms with Gasteiger partial charge in [0.05, 0.1) is 0 Å². The molecule has 2 fully saturated rings. The largest absolute Gasteiger partial charge is 0.324 e. The van der Waals surface area contributed by atoms with E-state index in [1.807, 2.05) is 0 Å². The zero-order valence-corrected chi connectivity index (χ0v) is 8.73. The van der Waals surface area contributed by atoms with Crippen molar-refractivity contribution in [2.24, 2.45) is 11.1 Å². The highest BCUT2D eigenvalue weighted by Gasteiger charge is 2.42. The maximum Gasteiger partial charge on any atom is 0.0282 e. The van der Waals surface area contributed by atoms with Gasteiger partial charge in [-0.05, 0) is 37.5 Å². The fourth-order valence-corrected chi connectivity index (χ4v) is 2.14. The maximum atomic E-state index is 6.01. The van der Waals surface area contributed by atoms with Crippen molar-refractivity contribution in [2.45, 2.75) is 51.0 Å². The van der Waals surface area contributed by atoms with E-state index in [1.165, 1.54) is 45.1 Å². The second kappa shape index (κ2) is 3.25. The molecule has 2 aliphatic rings. The Labute approximate surface area is 81.3 Å². The zero-order valence-electron chi connectivity index (χ0n) is 8.73. The van der Waals surface area contributed by atoms with Gasteiger partial charge >= 0.3 is 0 Å². The van der Waals surface area contributed by atoms with Gasteiger partial charge in [-0.2, -0.15) is 0 Å². The molecule has 0 saturated heterocycles. The summed E-state index contributed by atoms with van der Waals surface area (Å²) >= 11 is 0. The van der Waals surface area contributed by atoms with E-state index in [2.05, 4.69) is 12.2 Å². The number of nitrogens with two attached hydrogens (primary N) is 1. The van der Waals surface area contributed by atoms with Gasteiger partial charge in [-0.15, -0.1) is 0 Å². The summed E-state index contributed by atoms with van der Waals surface area (Å²) in [7, 11) is 0. The summed E-state index contributed by atoms with van der Waals surface area (Å²) in [5.74, 6) is 0. The summed E-state index contributed by atoms with van der Waals surface area (Å²) in [4.78, 5) is 0. The normalized spacial score (nSPS) is 27.2. The van der Waals surface area contributed by atoms with Crippen LogP contribution in [0.2, 0.25) is 0 Å². The van der Waals surface area contributed by atoms with Gasteiger partial charge in [0.2, 0.25) is 0 Å². The van der Waals surface area contributed by atoms with Crippen LogP contribution in [0, 0.1) is 5.41 Å². The molecule has 2 aliphatic carbocycles. The Morgan fingerprint density at radius 1 is 1.15 bits per heavy atom. The summed E-state index contributed by atoms with van der Waals surface area (Å²) < 4.78 is 0. The summed E-state index contributed by atoms with van der Waals surface area (Å²) in [6.45, 7) is 4.53. The van der Waals surface area contributed by atoms with Crippen LogP contribution in [0.4, 0.5) is 0 Å². The number of nitrogens with one attached hydrogen (secondary N) is 1. The van der Waals surface area contributed by atoms with Crippen LogP contribution < -0.4 is 11.1 Å². The number of hydrogen-bond acceptors (Lipinski definition) is 2. The standard InChI is InChI=1S/C11H22N2/c1-2-3-10(4-5-10)8-13-9-11(12)6-7-11/h13H,2-9,12H2,1H3. The molecular weight excluding hydrogens is 160 g/mol. The minimum Gasteiger partial charge on any atom is -0.324 e. The Morgan fingerprint density at radius 2 is 1.85 bits per heavy atom. The third kappa shape index (κ3) is 2.44. The molecule has 0 unspecified atom stereocenters. The molecule has 2 nitrogen and oxygen atoms in total. The second-order valence-electron chi connectivity index (χ2n) is 5.22. The van der Waals surface area contributed by atoms with Gasteiger partial charge in [0.15, 0.2) is 0 Å². The average Bonchev–Trinajstić information content (AvgIpc) is 2.95. The smallest absolute Gasteiger partial charge is 0.0282 e. The lowest BCUT2D eigenvalue weighted by Gasteiger charge is -2.17. The molecule has 0 heterocycles. The fraction of sp³-hybridized carbons (Fsp3) is 1.00. The Kier molecular flexibility index (Phi) is 2.37. The molecule has 0 aromatic rings. The first-order chi connectivity index (χ1) is 6.18. The van der Waals surface area contributed by atoms with E-state index in [0.29, 0.717) is 5.41 Å². The van der Waals surface area contributed by atoms with Crippen molar-refractivity contribution in [2.75, 3.05) is 13.1 Å². The summed E-state index contributed by atoms with van der Waals surface area (Å²) in [6, 6.07) is 0. The van der Waals surface area contributed by atoms with Crippen LogP contribution in [0.15, 0.2) is 0 Å². The predicted molar refractivity (Wildman–Crippen MR) is 55.6 cm³/mol. The molecule has 0 atom stereocenters. The SMILES string of the molecule is CCCC1(CNCC2(N)CC2)CC1. The van der Waals surface area contributed by atoms with Crippen molar-refractivity contribution in [1.82, 2.24) is 5.32 Å². The van der Waals surface area contributed by atoms with E-state index in [9.17, 15) is 0 Å². The molecule has 0 spiro atoms. The van der Waals surface area contributed by atoms with Gasteiger partial charge in [0.25, 0.3) is 0 Å². The van der Waals surface area contributed by atoms with Gasteiger partial charge in [0.1, 0.15) is 0 Å². The van der Waals surface area contributed by atoms with Crippen LogP contribution >= 0.6 is 0 Å². The van der Waals surface area contributed by atoms with E-state index in [4.69, 9.17) is 5.73 Å². The Morgan fingerprint density at radius 3 is 2.31 bits per heavy atom. The number of rotatable bonds is 6. The monoisotopic (exact) mass is 182 g/mol. The molecule has 0 amide bonds. The fourth-order valence-electron chi connectivity index (χ4n) is 2.14. The van der Waals surface area contributed by atoms with Crippen LogP contribution in [0.3, 0.4) is 0 Å². The molecule has 76 valence electrons. The van der Waals surface area contributed by atoms with Gasteiger partial charge in [-0.1, -0.05) is 13.3 Å². The Balaban J connectivity index is 1.62. The van der Waals surface area contributed by atoms with Crippen LogP contribution in [-0.2, 0) is 0 Å². The third-order valence-corrected chi connectivity index (χ3v) is 3.61. The zero-order chi connectivity index (χ0) is 9.36.